The number of amides is 1. The monoisotopic (exact) mass is 360 g/mol. The van der Waals surface area contributed by atoms with Crippen molar-refractivity contribution in [3.63, 3.8) is 0 Å². The number of aromatic nitrogens is 2. The number of carbonyl (C=O) groups is 1. The summed E-state index contributed by atoms with van der Waals surface area (Å²) in [4.78, 5) is 22.5. The first-order chi connectivity index (χ1) is 13.1. The van der Waals surface area contributed by atoms with Gasteiger partial charge in [-0.1, -0.05) is 29.8 Å². The van der Waals surface area contributed by atoms with Crippen molar-refractivity contribution in [2.24, 2.45) is 0 Å². The van der Waals surface area contributed by atoms with Gasteiger partial charge in [-0.2, -0.15) is 0 Å². The van der Waals surface area contributed by atoms with Crippen molar-refractivity contribution in [2.45, 2.75) is 19.9 Å². The SMILES string of the molecule is Cc1cccc(CNc2ccc(C(=O)N(C)CCc3ccncc3)nc2)c1. The Morgan fingerprint density at radius 3 is 2.59 bits per heavy atom. The standard InChI is InChI=1S/C22H24N4O/c1-17-4-3-5-19(14-17)15-24-20-6-7-21(25-16-20)22(27)26(2)13-10-18-8-11-23-12-9-18/h3-9,11-12,14,16,24H,10,13,15H2,1-2H3. The van der Waals surface area contributed by atoms with Crippen molar-refractivity contribution >= 4 is 11.6 Å². The van der Waals surface area contributed by atoms with E-state index in [0.717, 1.165) is 24.2 Å². The number of benzene rings is 1. The minimum Gasteiger partial charge on any atom is -0.380 e. The number of rotatable bonds is 7. The molecule has 0 spiro atoms. The highest BCUT2D eigenvalue weighted by atomic mass is 16.2. The maximum absolute atomic E-state index is 12.5. The Morgan fingerprint density at radius 1 is 1.07 bits per heavy atom. The van der Waals surface area contributed by atoms with Crippen molar-refractivity contribution in [1.82, 2.24) is 14.9 Å². The van der Waals surface area contributed by atoms with Gasteiger partial charge in [-0.05, 0) is 48.7 Å². The van der Waals surface area contributed by atoms with E-state index in [2.05, 4.69) is 40.4 Å². The average Bonchev–Trinajstić information content (AvgIpc) is 2.71. The van der Waals surface area contributed by atoms with Gasteiger partial charge in [-0.3, -0.25) is 9.78 Å². The second-order valence-corrected chi connectivity index (χ2v) is 6.61. The zero-order valence-corrected chi connectivity index (χ0v) is 15.7. The summed E-state index contributed by atoms with van der Waals surface area (Å²) in [5, 5.41) is 3.34. The molecule has 0 radical (unpaired) electrons. The van der Waals surface area contributed by atoms with Crippen LogP contribution in [0.15, 0.2) is 67.1 Å². The van der Waals surface area contributed by atoms with E-state index in [1.165, 1.54) is 11.1 Å². The van der Waals surface area contributed by atoms with Gasteiger partial charge < -0.3 is 10.2 Å². The van der Waals surface area contributed by atoms with Crippen LogP contribution in [0.2, 0.25) is 0 Å². The number of aryl methyl sites for hydroxylation is 1. The lowest BCUT2D eigenvalue weighted by atomic mass is 10.1. The van der Waals surface area contributed by atoms with E-state index in [1.54, 1.807) is 36.6 Å². The number of hydrogen-bond acceptors (Lipinski definition) is 4. The van der Waals surface area contributed by atoms with Crippen LogP contribution in [0.3, 0.4) is 0 Å². The van der Waals surface area contributed by atoms with Gasteiger partial charge in [-0.25, -0.2) is 4.98 Å². The second-order valence-electron chi connectivity index (χ2n) is 6.61. The molecule has 0 fully saturated rings. The summed E-state index contributed by atoms with van der Waals surface area (Å²) in [6, 6.07) is 16.0. The third kappa shape index (κ3) is 5.38. The topological polar surface area (TPSA) is 58.1 Å². The number of anilines is 1. The maximum atomic E-state index is 12.5. The molecule has 0 saturated carbocycles. The Balaban J connectivity index is 1.53. The van der Waals surface area contributed by atoms with Crippen molar-refractivity contribution in [2.75, 3.05) is 18.9 Å². The number of carbonyl (C=O) groups excluding carboxylic acids is 1. The minimum absolute atomic E-state index is 0.0747. The molecule has 5 heteroatoms. The highest BCUT2D eigenvalue weighted by Gasteiger charge is 2.13. The molecule has 2 heterocycles. The molecule has 2 aromatic heterocycles. The number of likely N-dealkylation sites (N-methyl/N-ethyl adjacent to an activating group) is 1. The molecule has 138 valence electrons. The van der Waals surface area contributed by atoms with Gasteiger partial charge in [-0.15, -0.1) is 0 Å². The molecule has 1 N–H and O–H groups in total. The van der Waals surface area contributed by atoms with Crippen LogP contribution >= 0.6 is 0 Å². The molecule has 0 bridgehead atoms. The van der Waals surface area contributed by atoms with Gasteiger partial charge in [0, 0.05) is 32.5 Å². The minimum atomic E-state index is -0.0747. The summed E-state index contributed by atoms with van der Waals surface area (Å²) in [7, 11) is 1.80. The Kier molecular flexibility index (Phi) is 6.15. The van der Waals surface area contributed by atoms with E-state index >= 15 is 0 Å². The molecular formula is C22H24N4O. The third-order valence-electron chi connectivity index (χ3n) is 4.39. The predicted molar refractivity (Wildman–Crippen MR) is 108 cm³/mol. The van der Waals surface area contributed by atoms with Crippen LogP contribution in [0.1, 0.15) is 27.2 Å². The van der Waals surface area contributed by atoms with Crippen molar-refractivity contribution in [1.29, 1.82) is 0 Å². The summed E-state index contributed by atoms with van der Waals surface area (Å²) < 4.78 is 0. The molecule has 0 aliphatic carbocycles. The van der Waals surface area contributed by atoms with Gasteiger partial charge in [0.2, 0.25) is 0 Å². The molecule has 1 amide bonds. The molecule has 0 atom stereocenters. The first kappa shape index (κ1) is 18.6. The molecule has 1 aromatic carbocycles. The van der Waals surface area contributed by atoms with Gasteiger partial charge in [0.05, 0.1) is 11.9 Å². The highest BCUT2D eigenvalue weighted by molar-refractivity contribution is 5.92. The van der Waals surface area contributed by atoms with Crippen LogP contribution in [0.5, 0.6) is 0 Å². The van der Waals surface area contributed by atoms with E-state index in [1.807, 2.05) is 24.3 Å². The fourth-order valence-electron chi connectivity index (χ4n) is 2.79. The number of nitrogens with one attached hydrogen (secondary N) is 1. The summed E-state index contributed by atoms with van der Waals surface area (Å²) in [5.41, 5.74) is 4.96. The van der Waals surface area contributed by atoms with Gasteiger partial charge in [0.1, 0.15) is 5.69 Å². The first-order valence-corrected chi connectivity index (χ1v) is 9.01. The Morgan fingerprint density at radius 2 is 1.89 bits per heavy atom. The first-order valence-electron chi connectivity index (χ1n) is 9.01. The fraction of sp³-hybridized carbons (Fsp3) is 0.227. The van der Waals surface area contributed by atoms with Crippen molar-refractivity contribution in [3.05, 3.63) is 89.5 Å². The Labute approximate surface area is 160 Å². The Bertz CT molecular complexity index is 878. The van der Waals surface area contributed by atoms with Crippen molar-refractivity contribution in [3.8, 4) is 0 Å². The molecule has 0 saturated heterocycles. The van der Waals surface area contributed by atoms with Gasteiger partial charge in [0.25, 0.3) is 5.91 Å². The molecule has 3 aromatic rings. The molecule has 5 nitrogen and oxygen atoms in total. The summed E-state index contributed by atoms with van der Waals surface area (Å²) in [5.74, 6) is -0.0747. The van der Waals surface area contributed by atoms with Gasteiger partial charge >= 0.3 is 0 Å². The third-order valence-corrected chi connectivity index (χ3v) is 4.39. The predicted octanol–water partition coefficient (Wildman–Crippen LogP) is 3.71. The van der Waals surface area contributed by atoms with E-state index < -0.39 is 0 Å². The van der Waals surface area contributed by atoms with E-state index in [9.17, 15) is 4.79 Å². The van der Waals surface area contributed by atoms with Crippen LogP contribution in [0.25, 0.3) is 0 Å². The van der Waals surface area contributed by atoms with Gasteiger partial charge in [0.15, 0.2) is 0 Å². The summed E-state index contributed by atoms with van der Waals surface area (Å²) in [6.45, 7) is 3.44. The van der Waals surface area contributed by atoms with Crippen LogP contribution in [-0.2, 0) is 13.0 Å². The number of hydrogen-bond donors (Lipinski definition) is 1. The van der Waals surface area contributed by atoms with Crippen LogP contribution in [0, 0.1) is 6.92 Å². The molecular weight excluding hydrogens is 336 g/mol. The van der Waals surface area contributed by atoms with Crippen LogP contribution in [-0.4, -0.2) is 34.4 Å². The maximum Gasteiger partial charge on any atom is 0.272 e. The summed E-state index contributed by atoms with van der Waals surface area (Å²) >= 11 is 0. The molecule has 0 unspecified atom stereocenters. The summed E-state index contributed by atoms with van der Waals surface area (Å²) in [6.07, 6.45) is 6.03. The zero-order valence-electron chi connectivity index (χ0n) is 15.7. The van der Waals surface area contributed by atoms with E-state index in [4.69, 9.17) is 0 Å². The quantitative estimate of drug-likeness (QED) is 0.698. The number of pyridine rings is 2. The smallest absolute Gasteiger partial charge is 0.272 e. The van der Waals surface area contributed by atoms with E-state index in [-0.39, 0.29) is 5.91 Å². The second kappa shape index (κ2) is 8.94. The normalized spacial score (nSPS) is 10.4. The highest BCUT2D eigenvalue weighted by Crippen LogP contribution is 2.11. The van der Waals surface area contributed by atoms with E-state index in [0.29, 0.717) is 12.2 Å². The average molecular weight is 360 g/mol. The zero-order chi connectivity index (χ0) is 19.1. The molecule has 0 aliphatic heterocycles. The largest absolute Gasteiger partial charge is 0.380 e. The lowest BCUT2D eigenvalue weighted by Gasteiger charge is -2.17. The molecule has 3 rings (SSSR count). The number of nitrogens with zero attached hydrogens (tertiary/aromatic N) is 3. The molecule has 0 aliphatic rings. The Hall–Kier alpha value is -3.21. The molecule has 27 heavy (non-hydrogen) atoms. The van der Waals surface area contributed by atoms with Crippen LogP contribution < -0.4 is 5.32 Å². The fourth-order valence-corrected chi connectivity index (χ4v) is 2.79. The lowest BCUT2D eigenvalue weighted by molar-refractivity contribution is 0.0791. The lowest BCUT2D eigenvalue weighted by Crippen LogP contribution is -2.29. The van der Waals surface area contributed by atoms with Crippen molar-refractivity contribution < 1.29 is 4.79 Å². The van der Waals surface area contributed by atoms with Crippen LogP contribution in [0.4, 0.5) is 5.69 Å².